The zero-order chi connectivity index (χ0) is 16.1. The molecular formula is C16H24N4O2S. The highest BCUT2D eigenvalue weighted by molar-refractivity contribution is 7.09. The molecule has 0 spiro atoms. The molecule has 2 saturated carbocycles. The lowest BCUT2D eigenvalue weighted by molar-refractivity contribution is -0.127. The number of nitrogens with one attached hydrogen (secondary N) is 3. The topological polar surface area (TPSA) is 83.1 Å². The van der Waals surface area contributed by atoms with Crippen molar-refractivity contribution in [2.24, 2.45) is 11.8 Å². The van der Waals surface area contributed by atoms with Crippen molar-refractivity contribution in [3.05, 3.63) is 16.6 Å². The van der Waals surface area contributed by atoms with Gasteiger partial charge in [-0.1, -0.05) is 6.42 Å². The summed E-state index contributed by atoms with van der Waals surface area (Å²) in [6, 6.07) is -0.115. The second-order valence-electron chi connectivity index (χ2n) is 6.36. The molecule has 126 valence electrons. The Morgan fingerprint density at radius 2 is 2.00 bits per heavy atom. The van der Waals surface area contributed by atoms with E-state index in [9.17, 15) is 9.59 Å². The first-order valence-corrected chi connectivity index (χ1v) is 9.33. The van der Waals surface area contributed by atoms with Crippen molar-refractivity contribution in [2.75, 3.05) is 13.1 Å². The molecule has 1 aromatic heterocycles. The van der Waals surface area contributed by atoms with Gasteiger partial charge >= 0.3 is 6.03 Å². The predicted octanol–water partition coefficient (Wildman–Crippen LogP) is 2.20. The number of thiazole rings is 1. The summed E-state index contributed by atoms with van der Waals surface area (Å²) in [5.74, 6) is 0.913. The third-order valence-electron chi connectivity index (χ3n) is 4.51. The van der Waals surface area contributed by atoms with Gasteiger partial charge in [0.2, 0.25) is 5.91 Å². The van der Waals surface area contributed by atoms with Gasteiger partial charge in [0.15, 0.2) is 0 Å². The van der Waals surface area contributed by atoms with Crippen LogP contribution < -0.4 is 16.0 Å². The molecule has 3 rings (SSSR count). The van der Waals surface area contributed by atoms with E-state index in [1.165, 1.54) is 6.42 Å². The van der Waals surface area contributed by atoms with Crippen molar-refractivity contribution in [1.82, 2.24) is 20.9 Å². The van der Waals surface area contributed by atoms with Gasteiger partial charge in [-0.2, -0.15) is 0 Å². The van der Waals surface area contributed by atoms with Crippen LogP contribution in [0.4, 0.5) is 4.79 Å². The average Bonchev–Trinajstić information content (AvgIpc) is 3.17. The van der Waals surface area contributed by atoms with E-state index in [4.69, 9.17) is 0 Å². The van der Waals surface area contributed by atoms with E-state index in [-0.39, 0.29) is 23.9 Å². The Hall–Kier alpha value is -1.63. The molecule has 7 heteroatoms. The number of rotatable bonds is 8. The molecule has 1 atom stereocenters. The largest absolute Gasteiger partial charge is 0.356 e. The number of amides is 3. The smallest absolute Gasteiger partial charge is 0.315 e. The summed E-state index contributed by atoms with van der Waals surface area (Å²) in [6.45, 7) is 1.18. The molecule has 0 radical (unpaired) electrons. The molecule has 3 N–H and O–H groups in total. The predicted molar refractivity (Wildman–Crippen MR) is 89.1 cm³/mol. The van der Waals surface area contributed by atoms with Gasteiger partial charge in [0, 0.05) is 30.6 Å². The molecule has 0 bridgehead atoms. The van der Waals surface area contributed by atoms with Gasteiger partial charge in [-0.25, -0.2) is 9.78 Å². The SMILES string of the molecule is O=C(NCCCNC(=O)C1CCC1)NC(c1nccs1)C1CC1. The molecule has 1 heterocycles. The zero-order valence-electron chi connectivity index (χ0n) is 13.2. The molecular weight excluding hydrogens is 312 g/mol. The van der Waals surface area contributed by atoms with Gasteiger partial charge in [0.25, 0.3) is 0 Å². The van der Waals surface area contributed by atoms with Crippen LogP contribution in [0.25, 0.3) is 0 Å². The summed E-state index contributed by atoms with van der Waals surface area (Å²) >= 11 is 1.59. The lowest BCUT2D eigenvalue weighted by atomic mass is 9.85. The van der Waals surface area contributed by atoms with Crippen molar-refractivity contribution in [1.29, 1.82) is 0 Å². The van der Waals surface area contributed by atoms with Crippen LogP contribution >= 0.6 is 11.3 Å². The van der Waals surface area contributed by atoms with Crippen molar-refractivity contribution in [2.45, 2.75) is 44.6 Å². The summed E-state index contributed by atoms with van der Waals surface area (Å²) in [6.07, 6.45) is 8.03. The molecule has 0 aliphatic heterocycles. The minimum atomic E-state index is -0.151. The Morgan fingerprint density at radius 3 is 2.61 bits per heavy atom. The van der Waals surface area contributed by atoms with Crippen molar-refractivity contribution in [3.8, 4) is 0 Å². The third-order valence-corrected chi connectivity index (χ3v) is 5.37. The fourth-order valence-electron chi connectivity index (χ4n) is 2.71. The fourth-order valence-corrected chi connectivity index (χ4v) is 3.49. The number of nitrogens with zero attached hydrogens (tertiary/aromatic N) is 1. The Labute approximate surface area is 140 Å². The van der Waals surface area contributed by atoms with E-state index in [0.717, 1.165) is 37.1 Å². The minimum Gasteiger partial charge on any atom is -0.356 e. The van der Waals surface area contributed by atoms with E-state index in [1.54, 1.807) is 17.5 Å². The lowest BCUT2D eigenvalue weighted by Gasteiger charge is -2.24. The van der Waals surface area contributed by atoms with Gasteiger partial charge in [-0.15, -0.1) is 11.3 Å². The maximum Gasteiger partial charge on any atom is 0.315 e. The van der Waals surface area contributed by atoms with E-state index in [0.29, 0.717) is 19.0 Å². The molecule has 1 unspecified atom stereocenters. The quantitative estimate of drug-likeness (QED) is 0.636. The summed E-state index contributed by atoms with van der Waals surface area (Å²) < 4.78 is 0. The highest BCUT2D eigenvalue weighted by Gasteiger charge is 2.34. The average molecular weight is 336 g/mol. The van der Waals surface area contributed by atoms with Crippen LogP contribution in [0.2, 0.25) is 0 Å². The monoisotopic (exact) mass is 336 g/mol. The molecule has 2 aliphatic carbocycles. The molecule has 3 amide bonds. The Kier molecular flexibility index (Phi) is 5.48. The zero-order valence-corrected chi connectivity index (χ0v) is 14.0. The van der Waals surface area contributed by atoms with Crippen LogP contribution in [0.5, 0.6) is 0 Å². The Balaban J connectivity index is 1.30. The summed E-state index contributed by atoms with van der Waals surface area (Å²) in [4.78, 5) is 28.0. The molecule has 6 nitrogen and oxygen atoms in total. The van der Waals surface area contributed by atoms with Crippen LogP contribution in [0.1, 0.15) is 49.6 Å². The van der Waals surface area contributed by atoms with Gasteiger partial charge in [0.05, 0.1) is 6.04 Å². The summed E-state index contributed by atoms with van der Waals surface area (Å²) in [5.41, 5.74) is 0. The van der Waals surface area contributed by atoms with Gasteiger partial charge in [0.1, 0.15) is 5.01 Å². The van der Waals surface area contributed by atoms with Crippen LogP contribution in [-0.2, 0) is 4.79 Å². The first-order chi connectivity index (χ1) is 11.2. The highest BCUT2D eigenvalue weighted by atomic mass is 32.1. The molecule has 0 saturated heterocycles. The van der Waals surface area contributed by atoms with Gasteiger partial charge in [-0.3, -0.25) is 4.79 Å². The maximum absolute atomic E-state index is 12.0. The second kappa shape index (κ2) is 7.77. The van der Waals surface area contributed by atoms with E-state index in [2.05, 4.69) is 20.9 Å². The normalized spacial score (nSPS) is 18.8. The summed E-state index contributed by atoms with van der Waals surface area (Å²) in [7, 11) is 0. The number of hydrogen-bond acceptors (Lipinski definition) is 4. The molecule has 0 aromatic carbocycles. The summed E-state index contributed by atoms with van der Waals surface area (Å²) in [5, 5.41) is 11.7. The van der Waals surface area contributed by atoms with E-state index in [1.807, 2.05) is 5.38 Å². The van der Waals surface area contributed by atoms with Crippen molar-refractivity contribution in [3.63, 3.8) is 0 Å². The lowest BCUT2D eigenvalue weighted by Crippen LogP contribution is -2.40. The maximum atomic E-state index is 12.0. The highest BCUT2D eigenvalue weighted by Crippen LogP contribution is 2.41. The molecule has 23 heavy (non-hydrogen) atoms. The Bertz CT molecular complexity index is 526. The second-order valence-corrected chi connectivity index (χ2v) is 7.28. The number of hydrogen-bond donors (Lipinski definition) is 3. The molecule has 1 aromatic rings. The van der Waals surface area contributed by atoms with Crippen molar-refractivity contribution >= 4 is 23.3 Å². The number of aromatic nitrogens is 1. The van der Waals surface area contributed by atoms with Crippen LogP contribution in [0.3, 0.4) is 0 Å². The van der Waals surface area contributed by atoms with E-state index < -0.39 is 0 Å². The van der Waals surface area contributed by atoms with Gasteiger partial charge in [-0.05, 0) is 38.0 Å². The van der Waals surface area contributed by atoms with Crippen LogP contribution in [0.15, 0.2) is 11.6 Å². The van der Waals surface area contributed by atoms with Crippen LogP contribution in [-0.4, -0.2) is 30.0 Å². The van der Waals surface area contributed by atoms with Crippen molar-refractivity contribution < 1.29 is 9.59 Å². The third kappa shape index (κ3) is 4.67. The number of urea groups is 1. The Morgan fingerprint density at radius 1 is 1.22 bits per heavy atom. The number of carbonyl (C=O) groups is 2. The molecule has 2 aliphatic rings. The van der Waals surface area contributed by atoms with E-state index >= 15 is 0 Å². The number of carbonyl (C=O) groups excluding carboxylic acids is 2. The van der Waals surface area contributed by atoms with Crippen LogP contribution in [0, 0.1) is 11.8 Å². The first-order valence-electron chi connectivity index (χ1n) is 8.45. The fraction of sp³-hybridized carbons (Fsp3) is 0.688. The van der Waals surface area contributed by atoms with Gasteiger partial charge < -0.3 is 16.0 Å². The standard InChI is InChI=1S/C16H24N4O2S/c21-14(12-3-1-4-12)17-7-2-8-19-16(22)20-13(11-5-6-11)15-18-9-10-23-15/h9-13H,1-8H2,(H,17,21)(H2,19,20,22). The minimum absolute atomic E-state index is 0.0355. The molecule has 2 fully saturated rings. The first kappa shape index (κ1) is 16.2.